The molecule has 0 saturated carbocycles. The molecule has 1 aliphatic heterocycles. The van der Waals surface area contributed by atoms with Crippen molar-refractivity contribution in [3.05, 3.63) is 59.7 Å². The van der Waals surface area contributed by atoms with E-state index in [1.54, 1.807) is 30.3 Å². The zero-order valence-corrected chi connectivity index (χ0v) is 19.3. The summed E-state index contributed by atoms with van der Waals surface area (Å²) in [5, 5.41) is 2.53. The molecular weight excluding hydrogens is 478 g/mol. The van der Waals surface area contributed by atoms with Crippen LogP contribution in [0.5, 0.6) is 11.5 Å². The summed E-state index contributed by atoms with van der Waals surface area (Å²) in [4.78, 5) is 63.0. The molecule has 2 atom stereocenters. The van der Waals surface area contributed by atoms with Crippen LogP contribution < -0.4 is 20.5 Å². The molecule has 0 spiro atoms. The number of carbonyl (C=O) groups is 5. The number of rotatable bonds is 7. The third-order valence-corrected chi connectivity index (χ3v) is 5.07. The number of nitrogens with one attached hydrogen (secondary N) is 1. The van der Waals surface area contributed by atoms with Crippen molar-refractivity contribution in [2.75, 3.05) is 27.6 Å². The molecule has 3 N–H and O–H groups in total. The average molecular weight is 501 g/mol. The van der Waals surface area contributed by atoms with Gasteiger partial charge in [-0.2, -0.15) is 0 Å². The van der Waals surface area contributed by atoms with Crippen LogP contribution in [0.3, 0.4) is 0 Å². The summed E-state index contributed by atoms with van der Waals surface area (Å²) < 4.78 is 24.3. The van der Waals surface area contributed by atoms with E-state index in [4.69, 9.17) is 19.9 Å². The maximum Gasteiger partial charge on any atom is 0.513 e. The van der Waals surface area contributed by atoms with E-state index in [0.29, 0.717) is 5.56 Å². The monoisotopic (exact) mass is 501 g/mol. The van der Waals surface area contributed by atoms with Gasteiger partial charge in [0.25, 0.3) is 5.91 Å². The first kappa shape index (κ1) is 26.0. The first-order valence-corrected chi connectivity index (χ1v) is 10.4. The SMILES string of the molecule is COC(=O)Oc1cccc(C(=O)N2COCC2C(=O)NC(C(N)=O)c2ccccc2)c1OC(=O)OC. The standard InChI is InChI=1S/C23H23N3O10/c1-32-22(30)35-16-10-6-9-14(18(16)36-23(31)33-2)21(29)26-12-34-11-15(26)20(28)25-17(19(24)27)13-7-4-3-5-8-13/h3-10,15,17H,11-12H2,1-2H3,(H2,24,27)(H,25,28). The van der Waals surface area contributed by atoms with Gasteiger partial charge in [0.15, 0.2) is 11.5 Å². The van der Waals surface area contributed by atoms with E-state index in [0.717, 1.165) is 19.1 Å². The van der Waals surface area contributed by atoms with Gasteiger partial charge in [-0.05, 0) is 17.7 Å². The minimum absolute atomic E-state index is 0.177. The molecule has 0 aromatic heterocycles. The minimum Gasteiger partial charge on any atom is -0.437 e. The number of nitrogens with zero attached hydrogens (tertiary/aromatic N) is 1. The number of benzene rings is 2. The zero-order valence-electron chi connectivity index (χ0n) is 19.3. The Bertz CT molecular complexity index is 1150. The molecule has 13 heteroatoms. The number of hydrogen-bond acceptors (Lipinski definition) is 10. The van der Waals surface area contributed by atoms with E-state index >= 15 is 0 Å². The summed E-state index contributed by atoms with van der Waals surface area (Å²) in [6.07, 6.45) is -2.32. The molecule has 1 fully saturated rings. The second-order valence-electron chi connectivity index (χ2n) is 7.29. The molecule has 3 amide bonds. The first-order chi connectivity index (χ1) is 17.3. The van der Waals surface area contributed by atoms with Crippen molar-refractivity contribution in [3.8, 4) is 11.5 Å². The first-order valence-electron chi connectivity index (χ1n) is 10.4. The fourth-order valence-corrected chi connectivity index (χ4v) is 3.34. The number of primary amides is 1. The van der Waals surface area contributed by atoms with Gasteiger partial charge in [0.05, 0.1) is 26.4 Å². The van der Waals surface area contributed by atoms with E-state index in [1.807, 2.05) is 0 Å². The lowest BCUT2D eigenvalue weighted by Gasteiger charge is -2.25. The van der Waals surface area contributed by atoms with Crippen LogP contribution >= 0.6 is 0 Å². The van der Waals surface area contributed by atoms with E-state index in [9.17, 15) is 24.0 Å². The van der Waals surface area contributed by atoms with Crippen LogP contribution in [0.2, 0.25) is 0 Å². The quantitative estimate of drug-likeness (QED) is 0.413. The molecule has 2 unspecified atom stereocenters. The highest BCUT2D eigenvalue weighted by atomic mass is 16.7. The molecule has 1 aliphatic rings. The van der Waals surface area contributed by atoms with Crippen LogP contribution in [0.1, 0.15) is 22.0 Å². The topological polar surface area (TPSA) is 173 Å². The van der Waals surface area contributed by atoms with Crippen molar-refractivity contribution < 1.29 is 47.7 Å². The Kier molecular flexibility index (Phi) is 8.41. The predicted octanol–water partition coefficient (Wildman–Crippen LogP) is 1.12. The van der Waals surface area contributed by atoms with Crippen LogP contribution in [0.25, 0.3) is 0 Å². The highest BCUT2D eigenvalue weighted by molar-refractivity contribution is 6.01. The van der Waals surface area contributed by atoms with Crippen LogP contribution in [-0.2, 0) is 23.8 Å². The Morgan fingerprint density at radius 2 is 1.64 bits per heavy atom. The molecule has 2 aromatic rings. The maximum absolute atomic E-state index is 13.4. The highest BCUT2D eigenvalue weighted by Crippen LogP contribution is 2.34. The van der Waals surface area contributed by atoms with Gasteiger partial charge in [-0.15, -0.1) is 0 Å². The Balaban J connectivity index is 1.89. The van der Waals surface area contributed by atoms with E-state index in [1.165, 1.54) is 18.2 Å². The molecule has 3 rings (SSSR count). The molecule has 13 nitrogen and oxygen atoms in total. The fraction of sp³-hybridized carbons (Fsp3) is 0.261. The second-order valence-corrected chi connectivity index (χ2v) is 7.29. The van der Waals surface area contributed by atoms with E-state index in [-0.39, 0.29) is 24.7 Å². The number of nitrogens with two attached hydrogens (primary N) is 1. The normalized spacial score (nSPS) is 15.4. The van der Waals surface area contributed by atoms with Crippen LogP contribution in [-0.4, -0.2) is 68.5 Å². The summed E-state index contributed by atoms with van der Waals surface area (Å²) in [5.41, 5.74) is 5.69. The van der Waals surface area contributed by atoms with Gasteiger partial charge in [0, 0.05) is 0 Å². The third-order valence-electron chi connectivity index (χ3n) is 5.07. The zero-order chi connectivity index (χ0) is 26.2. The van der Waals surface area contributed by atoms with Crippen molar-refractivity contribution in [1.29, 1.82) is 0 Å². The number of amides is 3. The number of para-hydroxylation sites is 1. The summed E-state index contributed by atoms with van der Waals surface area (Å²) in [6, 6.07) is 9.93. The van der Waals surface area contributed by atoms with Gasteiger partial charge in [0.2, 0.25) is 11.8 Å². The molecular formula is C23H23N3O10. The lowest BCUT2D eigenvalue weighted by Crippen LogP contribution is -2.50. The minimum atomic E-state index is -1.19. The van der Waals surface area contributed by atoms with E-state index in [2.05, 4.69) is 14.8 Å². The molecule has 36 heavy (non-hydrogen) atoms. The van der Waals surface area contributed by atoms with Crippen molar-refractivity contribution in [1.82, 2.24) is 10.2 Å². The Morgan fingerprint density at radius 3 is 2.28 bits per heavy atom. The Labute approximate surface area is 205 Å². The van der Waals surface area contributed by atoms with Crippen molar-refractivity contribution in [2.24, 2.45) is 5.73 Å². The summed E-state index contributed by atoms with van der Waals surface area (Å²) >= 11 is 0. The van der Waals surface area contributed by atoms with Gasteiger partial charge >= 0.3 is 12.3 Å². The third kappa shape index (κ3) is 5.88. The summed E-state index contributed by atoms with van der Waals surface area (Å²) in [6.45, 7) is -0.466. The van der Waals surface area contributed by atoms with Gasteiger partial charge in [0.1, 0.15) is 18.8 Å². The van der Waals surface area contributed by atoms with E-state index < -0.39 is 47.9 Å². The van der Waals surface area contributed by atoms with Gasteiger partial charge in [-0.25, -0.2) is 9.59 Å². The Morgan fingerprint density at radius 1 is 0.972 bits per heavy atom. The average Bonchev–Trinajstić information content (AvgIpc) is 3.38. The highest BCUT2D eigenvalue weighted by Gasteiger charge is 2.39. The number of hydrogen-bond donors (Lipinski definition) is 2. The number of carbonyl (C=O) groups excluding carboxylic acids is 5. The number of methoxy groups -OCH3 is 2. The van der Waals surface area contributed by atoms with Crippen LogP contribution in [0, 0.1) is 0 Å². The fourth-order valence-electron chi connectivity index (χ4n) is 3.34. The van der Waals surface area contributed by atoms with Crippen LogP contribution in [0.15, 0.2) is 48.5 Å². The maximum atomic E-state index is 13.4. The van der Waals surface area contributed by atoms with Gasteiger partial charge in [-0.3, -0.25) is 14.4 Å². The molecule has 1 saturated heterocycles. The van der Waals surface area contributed by atoms with Gasteiger partial charge in [-0.1, -0.05) is 36.4 Å². The van der Waals surface area contributed by atoms with Gasteiger partial charge < -0.3 is 39.6 Å². The van der Waals surface area contributed by atoms with Crippen LogP contribution in [0.4, 0.5) is 9.59 Å². The Hall–Kier alpha value is -4.65. The van der Waals surface area contributed by atoms with Crippen molar-refractivity contribution in [2.45, 2.75) is 12.1 Å². The summed E-state index contributed by atoms with van der Waals surface area (Å²) in [5.74, 6) is -3.04. The molecule has 190 valence electrons. The molecule has 0 radical (unpaired) electrons. The lowest BCUT2D eigenvalue weighted by atomic mass is 10.1. The molecule has 2 aromatic carbocycles. The molecule has 0 bridgehead atoms. The number of ether oxygens (including phenoxy) is 5. The molecule has 1 heterocycles. The van der Waals surface area contributed by atoms with Crippen molar-refractivity contribution >= 4 is 30.0 Å². The largest absolute Gasteiger partial charge is 0.513 e. The summed E-state index contributed by atoms with van der Waals surface area (Å²) in [7, 11) is 2.11. The second kappa shape index (κ2) is 11.7. The molecule has 0 aliphatic carbocycles. The lowest BCUT2D eigenvalue weighted by molar-refractivity contribution is -0.129. The smallest absolute Gasteiger partial charge is 0.437 e. The predicted molar refractivity (Wildman–Crippen MR) is 120 cm³/mol. The van der Waals surface area contributed by atoms with Crippen molar-refractivity contribution in [3.63, 3.8) is 0 Å².